The summed E-state index contributed by atoms with van der Waals surface area (Å²) in [5.74, 6) is 0.220. The average Bonchev–Trinajstić information content (AvgIpc) is 2.72. The van der Waals surface area contributed by atoms with Gasteiger partial charge in [-0.1, -0.05) is 32.9 Å². The molecule has 2 bridgehead atoms. The largest absolute Gasteiger partial charge is 0.507 e. The first kappa shape index (κ1) is 13.5. The molecule has 0 radical (unpaired) electrons. The summed E-state index contributed by atoms with van der Waals surface area (Å²) in [5, 5.41) is 9.75. The van der Waals surface area contributed by atoms with E-state index in [-0.39, 0.29) is 28.2 Å². The van der Waals surface area contributed by atoms with Crippen molar-refractivity contribution >= 4 is 5.97 Å². The average molecular weight is 274 g/mol. The molecule has 0 aliphatic heterocycles. The van der Waals surface area contributed by atoms with Crippen molar-refractivity contribution in [2.45, 2.75) is 46.1 Å². The van der Waals surface area contributed by atoms with Gasteiger partial charge in [-0.05, 0) is 42.7 Å². The van der Waals surface area contributed by atoms with Gasteiger partial charge in [0.05, 0.1) is 0 Å². The highest BCUT2D eigenvalue weighted by molar-refractivity contribution is 5.92. The summed E-state index contributed by atoms with van der Waals surface area (Å²) in [7, 11) is 0. The summed E-state index contributed by atoms with van der Waals surface area (Å²) in [5.41, 5.74) is 0.533. The molecule has 1 N–H and O–H groups in total. The van der Waals surface area contributed by atoms with E-state index in [0.29, 0.717) is 5.92 Å². The number of hydrogen-bond donors (Lipinski definition) is 1. The van der Waals surface area contributed by atoms with Crippen LogP contribution in [-0.4, -0.2) is 17.2 Å². The fourth-order valence-electron chi connectivity index (χ4n) is 4.15. The SMILES string of the molecule is CC1(C)[C@@H]2CC[C@]1(C)[C@H](OC(=O)c1ccccc1O)C2. The summed E-state index contributed by atoms with van der Waals surface area (Å²) < 4.78 is 5.75. The number of phenolic OH excluding ortho intramolecular Hbond substituents is 1. The van der Waals surface area contributed by atoms with Gasteiger partial charge in [-0.3, -0.25) is 0 Å². The Hall–Kier alpha value is -1.51. The summed E-state index contributed by atoms with van der Waals surface area (Å²) in [4.78, 5) is 12.3. The van der Waals surface area contributed by atoms with Gasteiger partial charge in [0.15, 0.2) is 0 Å². The Balaban J connectivity index is 1.81. The molecule has 0 aromatic heterocycles. The van der Waals surface area contributed by atoms with Gasteiger partial charge >= 0.3 is 5.97 Å². The minimum absolute atomic E-state index is 0.00919. The molecule has 0 spiro atoms. The molecule has 2 aliphatic carbocycles. The number of esters is 1. The van der Waals surface area contributed by atoms with Crippen molar-refractivity contribution in [1.82, 2.24) is 0 Å². The second-order valence-electron chi connectivity index (χ2n) is 7.02. The highest BCUT2D eigenvalue weighted by Gasteiger charge is 2.62. The van der Waals surface area contributed by atoms with Crippen LogP contribution < -0.4 is 0 Å². The number of para-hydroxylation sites is 1. The Morgan fingerprint density at radius 3 is 2.55 bits per heavy atom. The van der Waals surface area contributed by atoms with E-state index in [1.54, 1.807) is 18.2 Å². The third kappa shape index (κ3) is 1.68. The lowest BCUT2D eigenvalue weighted by molar-refractivity contribution is -0.0244. The topological polar surface area (TPSA) is 46.5 Å². The molecule has 3 nitrogen and oxygen atoms in total. The molecule has 3 atom stereocenters. The number of hydrogen-bond acceptors (Lipinski definition) is 3. The smallest absolute Gasteiger partial charge is 0.342 e. The van der Waals surface area contributed by atoms with Gasteiger partial charge in [0.25, 0.3) is 0 Å². The van der Waals surface area contributed by atoms with Crippen LogP contribution >= 0.6 is 0 Å². The zero-order valence-corrected chi connectivity index (χ0v) is 12.3. The fraction of sp³-hybridized carbons (Fsp3) is 0.588. The quantitative estimate of drug-likeness (QED) is 0.835. The second kappa shape index (κ2) is 4.24. The second-order valence-corrected chi connectivity index (χ2v) is 7.02. The Morgan fingerprint density at radius 2 is 2.00 bits per heavy atom. The molecule has 108 valence electrons. The predicted molar refractivity (Wildman–Crippen MR) is 76.5 cm³/mol. The van der Waals surface area contributed by atoms with Gasteiger partial charge in [-0.15, -0.1) is 0 Å². The molecule has 3 heteroatoms. The van der Waals surface area contributed by atoms with Crippen molar-refractivity contribution in [3.05, 3.63) is 29.8 Å². The van der Waals surface area contributed by atoms with E-state index in [1.807, 2.05) is 0 Å². The summed E-state index contributed by atoms with van der Waals surface area (Å²) in [6.45, 7) is 6.82. The van der Waals surface area contributed by atoms with E-state index in [0.717, 1.165) is 12.8 Å². The standard InChI is InChI=1S/C17H22O3/c1-16(2)11-8-9-17(16,3)14(10-11)20-15(19)12-6-4-5-7-13(12)18/h4-7,11,14,18H,8-10H2,1-3H3/t11-,14-,17-/m1/s1. The normalized spacial score (nSPS) is 34.1. The zero-order valence-electron chi connectivity index (χ0n) is 12.3. The van der Waals surface area contributed by atoms with Crippen LogP contribution in [0.25, 0.3) is 0 Å². The third-order valence-corrected chi connectivity index (χ3v) is 6.09. The zero-order chi connectivity index (χ0) is 14.5. The number of phenols is 1. The van der Waals surface area contributed by atoms with Crippen LogP contribution in [0.3, 0.4) is 0 Å². The lowest BCUT2D eigenvalue weighted by Gasteiger charge is -2.38. The molecule has 2 saturated carbocycles. The summed E-state index contributed by atoms with van der Waals surface area (Å²) in [6.07, 6.45) is 3.25. The van der Waals surface area contributed by atoms with Gasteiger partial charge in [-0.25, -0.2) is 4.79 Å². The van der Waals surface area contributed by atoms with Crippen molar-refractivity contribution in [1.29, 1.82) is 0 Å². The first-order valence-corrected chi connectivity index (χ1v) is 7.35. The Bertz CT molecular complexity index is 549. The molecule has 1 aromatic carbocycles. The summed E-state index contributed by atoms with van der Waals surface area (Å²) >= 11 is 0. The first-order chi connectivity index (χ1) is 9.36. The maximum Gasteiger partial charge on any atom is 0.342 e. The predicted octanol–water partition coefficient (Wildman–Crippen LogP) is 3.76. The molecule has 0 amide bonds. The Morgan fingerprint density at radius 1 is 1.30 bits per heavy atom. The van der Waals surface area contributed by atoms with E-state index < -0.39 is 5.97 Å². The lowest BCUT2D eigenvalue weighted by atomic mass is 9.70. The van der Waals surface area contributed by atoms with Crippen molar-refractivity contribution in [2.75, 3.05) is 0 Å². The highest BCUT2D eigenvalue weighted by Crippen LogP contribution is 2.66. The fourth-order valence-corrected chi connectivity index (χ4v) is 4.15. The van der Waals surface area contributed by atoms with Gasteiger partial charge < -0.3 is 9.84 Å². The minimum Gasteiger partial charge on any atom is -0.507 e. The number of aromatic hydroxyl groups is 1. The molecule has 0 saturated heterocycles. The Kier molecular flexibility index (Phi) is 2.86. The maximum atomic E-state index is 12.3. The van der Waals surface area contributed by atoms with Crippen LogP contribution in [0.15, 0.2) is 24.3 Å². The van der Waals surface area contributed by atoms with Crippen LogP contribution in [0.5, 0.6) is 5.75 Å². The van der Waals surface area contributed by atoms with E-state index in [1.165, 1.54) is 12.5 Å². The number of carbonyl (C=O) groups is 1. The number of ether oxygens (including phenoxy) is 1. The van der Waals surface area contributed by atoms with Crippen LogP contribution in [-0.2, 0) is 4.74 Å². The Labute approximate surface area is 120 Å². The number of benzene rings is 1. The molecule has 0 heterocycles. The third-order valence-electron chi connectivity index (χ3n) is 6.09. The van der Waals surface area contributed by atoms with Crippen molar-refractivity contribution in [3.63, 3.8) is 0 Å². The molecular weight excluding hydrogens is 252 g/mol. The maximum absolute atomic E-state index is 12.3. The van der Waals surface area contributed by atoms with Crippen LogP contribution in [0.2, 0.25) is 0 Å². The van der Waals surface area contributed by atoms with E-state index in [2.05, 4.69) is 20.8 Å². The van der Waals surface area contributed by atoms with E-state index in [9.17, 15) is 9.90 Å². The van der Waals surface area contributed by atoms with Gasteiger partial charge in [-0.2, -0.15) is 0 Å². The number of carbonyl (C=O) groups excluding carboxylic acids is 1. The van der Waals surface area contributed by atoms with Gasteiger partial charge in [0, 0.05) is 5.41 Å². The molecule has 0 unspecified atom stereocenters. The minimum atomic E-state index is -0.405. The van der Waals surface area contributed by atoms with Crippen LogP contribution in [0.1, 0.15) is 50.4 Å². The summed E-state index contributed by atoms with van der Waals surface area (Å²) in [6, 6.07) is 6.57. The monoisotopic (exact) mass is 274 g/mol. The number of fused-ring (bicyclic) bond motifs is 2. The molecule has 1 aromatic rings. The molecular formula is C17H22O3. The number of rotatable bonds is 2. The highest BCUT2D eigenvalue weighted by atomic mass is 16.5. The van der Waals surface area contributed by atoms with Crippen molar-refractivity contribution in [2.24, 2.45) is 16.7 Å². The molecule has 20 heavy (non-hydrogen) atoms. The lowest BCUT2D eigenvalue weighted by Crippen LogP contribution is -2.38. The van der Waals surface area contributed by atoms with Crippen molar-refractivity contribution < 1.29 is 14.6 Å². The van der Waals surface area contributed by atoms with Crippen LogP contribution in [0, 0.1) is 16.7 Å². The van der Waals surface area contributed by atoms with Gasteiger partial charge in [0.1, 0.15) is 17.4 Å². The van der Waals surface area contributed by atoms with E-state index >= 15 is 0 Å². The van der Waals surface area contributed by atoms with Crippen molar-refractivity contribution in [3.8, 4) is 5.75 Å². The van der Waals surface area contributed by atoms with Gasteiger partial charge in [0.2, 0.25) is 0 Å². The molecule has 2 aliphatic rings. The molecule has 3 rings (SSSR count). The molecule has 2 fully saturated rings. The van der Waals surface area contributed by atoms with E-state index in [4.69, 9.17) is 4.74 Å². The first-order valence-electron chi connectivity index (χ1n) is 7.35. The van der Waals surface area contributed by atoms with Crippen LogP contribution in [0.4, 0.5) is 0 Å².